The lowest BCUT2D eigenvalue weighted by atomic mass is 10.1. The minimum Gasteiger partial charge on any atom is -0.310 e. The Kier molecular flexibility index (Phi) is 3.66. The molecule has 1 aromatic heterocycles. The highest BCUT2D eigenvalue weighted by atomic mass is 127. The van der Waals surface area contributed by atoms with Gasteiger partial charge in [-0.2, -0.15) is 0 Å². The lowest BCUT2D eigenvalue weighted by Crippen LogP contribution is -2.20. The van der Waals surface area contributed by atoms with Crippen LogP contribution in [-0.2, 0) is 6.54 Å². The third-order valence-electron chi connectivity index (χ3n) is 2.70. The number of halogens is 1. The molecule has 2 aromatic rings. The number of aromatic nitrogens is 1. The van der Waals surface area contributed by atoms with Crippen molar-refractivity contribution in [1.29, 1.82) is 0 Å². The first-order valence-electron chi connectivity index (χ1n) is 5.48. The van der Waals surface area contributed by atoms with E-state index in [9.17, 15) is 4.79 Å². The Morgan fingerprint density at radius 1 is 1.24 bits per heavy atom. The maximum Gasteiger partial charge on any atom is 0.251 e. The van der Waals surface area contributed by atoms with E-state index in [1.807, 2.05) is 25.3 Å². The Balaban J connectivity index is 2.37. The topological polar surface area (TPSA) is 22.0 Å². The van der Waals surface area contributed by atoms with E-state index in [1.54, 1.807) is 10.6 Å². The predicted molar refractivity (Wildman–Crippen MR) is 78.4 cm³/mol. The summed E-state index contributed by atoms with van der Waals surface area (Å²) in [6, 6.07) is 9.93. The Bertz CT molecular complexity index is 601. The van der Waals surface area contributed by atoms with Gasteiger partial charge in [-0.25, -0.2) is 0 Å². The van der Waals surface area contributed by atoms with Crippen molar-refractivity contribution in [2.75, 3.05) is 0 Å². The van der Waals surface area contributed by atoms with Gasteiger partial charge in [0, 0.05) is 15.8 Å². The average Bonchev–Trinajstić information content (AvgIpc) is 2.26. The summed E-state index contributed by atoms with van der Waals surface area (Å²) >= 11 is 2.26. The highest BCUT2D eigenvalue weighted by molar-refractivity contribution is 14.1. The zero-order valence-electron chi connectivity index (χ0n) is 9.90. The van der Waals surface area contributed by atoms with Crippen molar-refractivity contribution >= 4 is 22.6 Å². The molecule has 0 fully saturated rings. The van der Waals surface area contributed by atoms with Crippen molar-refractivity contribution in [2.24, 2.45) is 0 Å². The number of hydrogen-bond donors (Lipinski definition) is 0. The van der Waals surface area contributed by atoms with Crippen molar-refractivity contribution in [3.8, 4) is 0 Å². The summed E-state index contributed by atoms with van der Waals surface area (Å²) in [6.45, 7) is 4.65. The molecule has 0 atom stereocenters. The van der Waals surface area contributed by atoms with Gasteiger partial charge in [0.05, 0.1) is 6.54 Å². The minimum absolute atomic E-state index is 0.0597. The highest BCUT2D eigenvalue weighted by Gasteiger charge is 2.02. The number of pyridine rings is 1. The highest BCUT2D eigenvalue weighted by Crippen LogP contribution is 2.10. The van der Waals surface area contributed by atoms with E-state index in [0.29, 0.717) is 6.54 Å². The van der Waals surface area contributed by atoms with Crippen LogP contribution < -0.4 is 5.56 Å². The van der Waals surface area contributed by atoms with Crippen LogP contribution in [0, 0.1) is 17.4 Å². The fourth-order valence-electron chi connectivity index (χ4n) is 1.77. The summed E-state index contributed by atoms with van der Waals surface area (Å²) in [5, 5.41) is 0. The molecule has 0 spiro atoms. The fraction of sp³-hybridized carbons (Fsp3) is 0.214. The summed E-state index contributed by atoms with van der Waals surface area (Å²) in [5.41, 5.74) is 3.48. The summed E-state index contributed by atoms with van der Waals surface area (Å²) in [6.07, 6.45) is 1.92. The smallest absolute Gasteiger partial charge is 0.251 e. The SMILES string of the molecule is Cc1cccc(Cn2cc(I)c(C)cc2=O)c1. The van der Waals surface area contributed by atoms with Crippen LogP contribution in [-0.4, -0.2) is 4.57 Å². The molecule has 3 heteroatoms. The quantitative estimate of drug-likeness (QED) is 0.771. The number of rotatable bonds is 2. The summed E-state index contributed by atoms with van der Waals surface area (Å²) in [4.78, 5) is 11.8. The number of benzene rings is 1. The molecule has 0 aliphatic heterocycles. The van der Waals surface area contributed by atoms with Crippen LogP contribution in [0.2, 0.25) is 0 Å². The second-order valence-corrected chi connectivity index (χ2v) is 5.42. The fourth-order valence-corrected chi connectivity index (χ4v) is 2.26. The maximum atomic E-state index is 11.8. The van der Waals surface area contributed by atoms with Gasteiger partial charge in [0.25, 0.3) is 5.56 Å². The summed E-state index contributed by atoms with van der Waals surface area (Å²) in [7, 11) is 0. The molecule has 2 rings (SSSR count). The number of aryl methyl sites for hydroxylation is 2. The molecule has 0 aliphatic rings. The predicted octanol–water partition coefficient (Wildman–Crippen LogP) is 3.12. The zero-order chi connectivity index (χ0) is 12.4. The van der Waals surface area contributed by atoms with Crippen molar-refractivity contribution < 1.29 is 0 Å². The molecule has 1 heterocycles. The first-order chi connectivity index (χ1) is 8.06. The first kappa shape index (κ1) is 12.4. The van der Waals surface area contributed by atoms with Gasteiger partial charge in [0.2, 0.25) is 0 Å². The molecule has 0 amide bonds. The maximum absolute atomic E-state index is 11.8. The van der Waals surface area contributed by atoms with E-state index in [4.69, 9.17) is 0 Å². The van der Waals surface area contributed by atoms with Gasteiger partial charge in [-0.15, -0.1) is 0 Å². The molecule has 0 saturated heterocycles. The molecular weight excluding hydrogens is 325 g/mol. The summed E-state index contributed by atoms with van der Waals surface area (Å²) in [5.74, 6) is 0. The van der Waals surface area contributed by atoms with Crippen LogP contribution in [0.4, 0.5) is 0 Å². The molecule has 1 aromatic carbocycles. The van der Waals surface area contributed by atoms with Crippen LogP contribution in [0.15, 0.2) is 41.3 Å². The van der Waals surface area contributed by atoms with E-state index in [-0.39, 0.29) is 5.56 Å². The third kappa shape index (κ3) is 2.97. The Hall–Kier alpha value is -1.10. The van der Waals surface area contributed by atoms with Gasteiger partial charge in [-0.05, 0) is 47.6 Å². The Labute approximate surface area is 114 Å². The average molecular weight is 339 g/mol. The van der Waals surface area contributed by atoms with E-state index >= 15 is 0 Å². The van der Waals surface area contributed by atoms with Gasteiger partial charge in [0.15, 0.2) is 0 Å². The van der Waals surface area contributed by atoms with Gasteiger partial charge in [0.1, 0.15) is 0 Å². The largest absolute Gasteiger partial charge is 0.310 e. The molecule has 0 radical (unpaired) electrons. The second-order valence-electron chi connectivity index (χ2n) is 4.26. The Morgan fingerprint density at radius 3 is 2.71 bits per heavy atom. The van der Waals surface area contributed by atoms with Crippen molar-refractivity contribution in [3.63, 3.8) is 0 Å². The second kappa shape index (κ2) is 5.04. The van der Waals surface area contributed by atoms with Crippen molar-refractivity contribution in [2.45, 2.75) is 20.4 Å². The van der Waals surface area contributed by atoms with Crippen LogP contribution in [0.25, 0.3) is 0 Å². The van der Waals surface area contributed by atoms with Crippen molar-refractivity contribution in [1.82, 2.24) is 4.57 Å². The third-order valence-corrected chi connectivity index (χ3v) is 3.83. The molecule has 17 heavy (non-hydrogen) atoms. The molecule has 2 nitrogen and oxygen atoms in total. The normalized spacial score (nSPS) is 10.5. The van der Waals surface area contributed by atoms with Crippen LogP contribution in [0.1, 0.15) is 16.7 Å². The van der Waals surface area contributed by atoms with Gasteiger partial charge < -0.3 is 4.57 Å². The van der Waals surface area contributed by atoms with Gasteiger partial charge in [-0.3, -0.25) is 4.79 Å². The molecule has 88 valence electrons. The molecule has 0 unspecified atom stereocenters. The van der Waals surface area contributed by atoms with E-state index in [2.05, 4.69) is 41.6 Å². The lowest BCUT2D eigenvalue weighted by Gasteiger charge is -2.08. The van der Waals surface area contributed by atoms with E-state index in [0.717, 1.165) is 14.7 Å². The number of hydrogen-bond acceptors (Lipinski definition) is 1. The van der Waals surface area contributed by atoms with E-state index in [1.165, 1.54) is 5.56 Å². The minimum atomic E-state index is 0.0597. The standard InChI is InChI=1S/C14H14INO/c1-10-4-3-5-12(6-10)8-16-9-13(15)11(2)7-14(16)17/h3-7,9H,8H2,1-2H3. The molecule has 0 bridgehead atoms. The summed E-state index contributed by atoms with van der Waals surface area (Å²) < 4.78 is 2.87. The van der Waals surface area contributed by atoms with Crippen molar-refractivity contribution in [3.05, 3.63) is 67.1 Å². The van der Waals surface area contributed by atoms with Crippen LogP contribution >= 0.6 is 22.6 Å². The monoisotopic (exact) mass is 339 g/mol. The molecule has 0 N–H and O–H groups in total. The lowest BCUT2D eigenvalue weighted by molar-refractivity contribution is 0.752. The zero-order valence-corrected chi connectivity index (χ0v) is 12.1. The van der Waals surface area contributed by atoms with E-state index < -0.39 is 0 Å². The molecule has 0 saturated carbocycles. The number of nitrogens with zero attached hydrogens (tertiary/aromatic N) is 1. The van der Waals surface area contributed by atoms with Gasteiger partial charge in [-0.1, -0.05) is 29.8 Å². The molecule has 0 aliphatic carbocycles. The Morgan fingerprint density at radius 2 is 2.00 bits per heavy atom. The van der Waals surface area contributed by atoms with Crippen LogP contribution in [0.3, 0.4) is 0 Å². The van der Waals surface area contributed by atoms with Crippen LogP contribution in [0.5, 0.6) is 0 Å². The van der Waals surface area contributed by atoms with Gasteiger partial charge >= 0.3 is 0 Å². The first-order valence-corrected chi connectivity index (χ1v) is 6.56. The molecular formula is C14H14INO.